The molecule has 1 aliphatic heterocycles. The highest BCUT2D eigenvalue weighted by molar-refractivity contribution is 6.33. The van der Waals surface area contributed by atoms with Gasteiger partial charge >= 0.3 is 5.97 Å². The van der Waals surface area contributed by atoms with Gasteiger partial charge in [-0.1, -0.05) is 63.0 Å². The zero-order valence-electron chi connectivity index (χ0n) is 23.6. The van der Waals surface area contributed by atoms with Crippen LogP contribution in [0.5, 0.6) is 0 Å². The number of hydrogen-bond acceptors (Lipinski definition) is 5. The van der Waals surface area contributed by atoms with E-state index in [1.807, 2.05) is 39.8 Å². The van der Waals surface area contributed by atoms with Crippen LogP contribution in [0.15, 0.2) is 42.5 Å². The fourth-order valence-corrected chi connectivity index (χ4v) is 5.18. The number of benzene rings is 2. The molecule has 7 nitrogen and oxygen atoms in total. The normalized spacial score (nSPS) is 19.9. The van der Waals surface area contributed by atoms with Crippen molar-refractivity contribution < 1.29 is 24.2 Å². The fraction of sp³-hybridized carbons (Fsp3) is 0.500. The third-order valence-electron chi connectivity index (χ3n) is 7.15. The third kappa shape index (κ3) is 6.94. The number of likely N-dealkylation sites (tertiary alicyclic amines) is 1. The van der Waals surface area contributed by atoms with Crippen molar-refractivity contribution >= 4 is 41.0 Å². The van der Waals surface area contributed by atoms with Crippen molar-refractivity contribution in [3.8, 4) is 0 Å². The molecule has 1 fully saturated rings. The first kappa shape index (κ1) is 30.9. The smallest absolute Gasteiger partial charge is 0.340 e. The summed E-state index contributed by atoms with van der Waals surface area (Å²) in [6.45, 7) is 13.4. The largest absolute Gasteiger partial charge is 0.456 e. The molecule has 0 saturated carbocycles. The number of hydrogen-bond donors (Lipinski definition) is 2. The van der Waals surface area contributed by atoms with Crippen molar-refractivity contribution in [2.45, 2.75) is 72.1 Å². The van der Waals surface area contributed by atoms with Gasteiger partial charge in [0.15, 0.2) is 0 Å². The van der Waals surface area contributed by atoms with Gasteiger partial charge in [-0.25, -0.2) is 4.79 Å². The van der Waals surface area contributed by atoms with Gasteiger partial charge in [0.1, 0.15) is 11.6 Å². The summed E-state index contributed by atoms with van der Waals surface area (Å²) in [6.07, 6.45) is 0.336. The predicted octanol–water partition coefficient (Wildman–Crippen LogP) is 5.85. The Morgan fingerprint density at radius 2 is 1.67 bits per heavy atom. The molecule has 2 aromatic rings. The molecule has 1 saturated heterocycles. The second-order valence-electron chi connectivity index (χ2n) is 12.2. The van der Waals surface area contributed by atoms with E-state index in [0.717, 1.165) is 5.56 Å². The van der Waals surface area contributed by atoms with Crippen molar-refractivity contribution in [2.24, 2.45) is 11.3 Å². The van der Waals surface area contributed by atoms with E-state index in [-0.39, 0.29) is 28.0 Å². The minimum Gasteiger partial charge on any atom is -0.456 e. The lowest BCUT2D eigenvalue weighted by Gasteiger charge is -2.51. The number of amides is 2. The molecule has 2 atom stereocenters. The molecule has 0 aliphatic carbocycles. The molecule has 2 aromatic carbocycles. The molecular weight excluding hydrogens is 539 g/mol. The Labute approximate surface area is 240 Å². The van der Waals surface area contributed by atoms with Crippen LogP contribution in [0, 0.1) is 11.3 Å². The van der Waals surface area contributed by atoms with Gasteiger partial charge in [-0.3, -0.25) is 9.59 Å². The van der Waals surface area contributed by atoms with Gasteiger partial charge in [0.2, 0.25) is 5.91 Å². The van der Waals surface area contributed by atoms with E-state index in [4.69, 9.17) is 27.9 Å². The summed E-state index contributed by atoms with van der Waals surface area (Å²) in [7, 11) is 0. The second-order valence-corrected chi connectivity index (χ2v) is 13.0. The van der Waals surface area contributed by atoms with Gasteiger partial charge in [0, 0.05) is 29.1 Å². The Morgan fingerprint density at radius 3 is 2.21 bits per heavy atom. The minimum atomic E-state index is -1.15. The average molecular weight is 578 g/mol. The number of carbonyl (C=O) groups excluding carboxylic acids is 3. The minimum absolute atomic E-state index is 0.0749. The molecule has 1 heterocycles. The summed E-state index contributed by atoms with van der Waals surface area (Å²) in [5.74, 6) is -1.58. The van der Waals surface area contributed by atoms with E-state index < -0.39 is 34.5 Å². The molecular formula is C30H38Cl2N2O5. The molecule has 9 heteroatoms. The van der Waals surface area contributed by atoms with Crippen molar-refractivity contribution in [2.75, 3.05) is 13.1 Å². The number of aliphatic hydroxyl groups is 1. The highest BCUT2D eigenvalue weighted by Gasteiger charge is 2.50. The maximum Gasteiger partial charge on any atom is 0.340 e. The molecule has 39 heavy (non-hydrogen) atoms. The lowest BCUT2D eigenvalue weighted by atomic mass is 9.66. The molecule has 0 radical (unpaired) electrons. The molecule has 2 amide bonds. The van der Waals surface area contributed by atoms with E-state index in [1.165, 1.54) is 18.2 Å². The first-order chi connectivity index (χ1) is 17.9. The molecule has 0 unspecified atom stereocenters. The summed E-state index contributed by atoms with van der Waals surface area (Å²) in [4.78, 5) is 41.2. The number of rotatable bonds is 6. The average Bonchev–Trinajstić information content (AvgIpc) is 2.83. The van der Waals surface area contributed by atoms with Crippen molar-refractivity contribution in [3.63, 3.8) is 0 Å². The van der Waals surface area contributed by atoms with Crippen LogP contribution in [0.1, 0.15) is 81.2 Å². The Balaban J connectivity index is 1.78. The van der Waals surface area contributed by atoms with Gasteiger partial charge < -0.3 is 20.1 Å². The van der Waals surface area contributed by atoms with Crippen LogP contribution >= 0.6 is 23.2 Å². The maximum absolute atomic E-state index is 13.7. The summed E-state index contributed by atoms with van der Waals surface area (Å²) in [5.41, 5.74) is -1.53. The molecule has 0 spiro atoms. The van der Waals surface area contributed by atoms with Crippen LogP contribution in [0.3, 0.4) is 0 Å². The Morgan fingerprint density at radius 1 is 1.05 bits per heavy atom. The quantitative estimate of drug-likeness (QED) is 0.420. The zero-order chi connectivity index (χ0) is 29.3. The van der Waals surface area contributed by atoms with Crippen LogP contribution in [-0.2, 0) is 15.1 Å². The number of carbonyl (C=O) groups is 3. The van der Waals surface area contributed by atoms with E-state index in [0.29, 0.717) is 24.5 Å². The van der Waals surface area contributed by atoms with Gasteiger partial charge in [-0.15, -0.1) is 0 Å². The Kier molecular flexibility index (Phi) is 9.10. The number of esters is 1. The first-order valence-electron chi connectivity index (χ1n) is 13.1. The highest BCUT2D eigenvalue weighted by Crippen LogP contribution is 2.46. The SMILES string of the molecule is CC(C)[C@@H](NC(=O)c1ccc(Cl)c(C(=O)OC(C)(C)C)c1)C(=O)N1CC[C@](O)(c2ccc(Cl)cc2)C(C)(C)C1. The van der Waals surface area contributed by atoms with Crippen LogP contribution in [0.2, 0.25) is 10.0 Å². The van der Waals surface area contributed by atoms with Crippen molar-refractivity contribution in [3.05, 3.63) is 69.2 Å². The molecule has 3 rings (SSSR count). The van der Waals surface area contributed by atoms with E-state index >= 15 is 0 Å². The van der Waals surface area contributed by atoms with Crippen LogP contribution in [-0.4, -0.2) is 52.5 Å². The Hall–Kier alpha value is -2.61. The summed E-state index contributed by atoms with van der Waals surface area (Å²) in [6, 6.07) is 10.7. The van der Waals surface area contributed by atoms with Gasteiger partial charge in [-0.2, -0.15) is 0 Å². The summed E-state index contributed by atoms with van der Waals surface area (Å²) >= 11 is 12.3. The van der Waals surface area contributed by atoms with Crippen LogP contribution in [0.4, 0.5) is 0 Å². The summed E-state index contributed by atoms with van der Waals surface area (Å²) < 4.78 is 5.41. The summed E-state index contributed by atoms with van der Waals surface area (Å²) in [5, 5.41) is 15.3. The number of nitrogens with zero attached hydrogens (tertiary/aromatic N) is 1. The topological polar surface area (TPSA) is 95.9 Å². The number of ether oxygens (including phenoxy) is 1. The molecule has 0 aromatic heterocycles. The fourth-order valence-electron chi connectivity index (χ4n) is 4.86. The number of halogens is 2. The number of piperidine rings is 1. The molecule has 2 N–H and O–H groups in total. The molecule has 0 bridgehead atoms. The van der Waals surface area contributed by atoms with Gasteiger partial charge in [-0.05, 0) is 69.0 Å². The van der Waals surface area contributed by atoms with E-state index in [9.17, 15) is 19.5 Å². The lowest BCUT2D eigenvalue weighted by Crippen LogP contribution is -2.60. The standard InChI is InChI=1S/C30H38Cl2N2O5/c1-18(2)24(33-25(35)19-8-13-23(32)22(16-19)27(37)39-28(3,4)5)26(36)34-15-14-30(38,29(6,7)17-34)20-9-11-21(31)12-10-20/h8-13,16,18,24,38H,14-15,17H2,1-7H3,(H,33,35)/t24-,30+/m1/s1. The second kappa shape index (κ2) is 11.5. The van der Waals surface area contributed by atoms with Crippen molar-refractivity contribution in [1.82, 2.24) is 10.2 Å². The Bertz CT molecular complexity index is 1240. The first-order valence-corrected chi connectivity index (χ1v) is 13.8. The maximum atomic E-state index is 13.7. The van der Waals surface area contributed by atoms with E-state index in [1.54, 1.807) is 37.8 Å². The van der Waals surface area contributed by atoms with Crippen LogP contribution < -0.4 is 5.32 Å². The number of nitrogens with one attached hydrogen (secondary N) is 1. The zero-order valence-corrected chi connectivity index (χ0v) is 25.1. The monoisotopic (exact) mass is 576 g/mol. The highest BCUT2D eigenvalue weighted by atomic mass is 35.5. The lowest BCUT2D eigenvalue weighted by molar-refractivity contribution is -0.155. The van der Waals surface area contributed by atoms with Gasteiger partial charge in [0.05, 0.1) is 16.2 Å². The van der Waals surface area contributed by atoms with Crippen LogP contribution in [0.25, 0.3) is 0 Å². The van der Waals surface area contributed by atoms with E-state index in [2.05, 4.69) is 5.32 Å². The predicted molar refractivity (Wildman–Crippen MR) is 153 cm³/mol. The van der Waals surface area contributed by atoms with Gasteiger partial charge in [0.25, 0.3) is 5.91 Å². The molecule has 1 aliphatic rings. The third-order valence-corrected chi connectivity index (χ3v) is 7.73. The van der Waals surface area contributed by atoms with Crippen molar-refractivity contribution in [1.29, 1.82) is 0 Å². The molecule has 212 valence electrons.